The van der Waals surface area contributed by atoms with E-state index < -0.39 is 0 Å². The lowest BCUT2D eigenvalue weighted by Crippen LogP contribution is -2.43. The van der Waals surface area contributed by atoms with Gasteiger partial charge in [0.1, 0.15) is 5.75 Å². The zero-order valence-corrected chi connectivity index (χ0v) is 11.2. The molecule has 1 atom stereocenters. The van der Waals surface area contributed by atoms with Crippen molar-refractivity contribution in [3.8, 4) is 5.75 Å². The molecule has 5 heteroatoms. The number of nitrogens with two attached hydrogens (primary N) is 1. The van der Waals surface area contributed by atoms with E-state index in [1.165, 1.54) is 0 Å². The monoisotopic (exact) mass is 264 g/mol. The fraction of sp³-hybridized carbons (Fsp3) is 0.500. The van der Waals surface area contributed by atoms with Crippen molar-refractivity contribution in [1.29, 1.82) is 0 Å². The summed E-state index contributed by atoms with van der Waals surface area (Å²) < 4.78 is 10.8. The summed E-state index contributed by atoms with van der Waals surface area (Å²) in [4.78, 5) is 13.7. The summed E-state index contributed by atoms with van der Waals surface area (Å²) in [7, 11) is 0. The van der Waals surface area contributed by atoms with Gasteiger partial charge >= 0.3 is 0 Å². The van der Waals surface area contributed by atoms with Crippen molar-refractivity contribution in [2.75, 3.05) is 32.9 Å². The molecule has 19 heavy (non-hydrogen) atoms. The molecular formula is C14H20N2O3. The lowest BCUT2D eigenvalue weighted by atomic mass is 10.1. The molecule has 2 rings (SSSR count). The van der Waals surface area contributed by atoms with Crippen LogP contribution < -0.4 is 10.5 Å². The Labute approximate surface area is 113 Å². The second kappa shape index (κ2) is 6.54. The third-order valence-electron chi connectivity index (χ3n) is 3.12. The molecule has 0 aromatic heterocycles. The second-order valence-corrected chi connectivity index (χ2v) is 4.61. The van der Waals surface area contributed by atoms with Gasteiger partial charge in [-0.1, -0.05) is 18.2 Å². The van der Waals surface area contributed by atoms with E-state index in [1.807, 2.05) is 31.2 Å². The molecule has 1 aromatic carbocycles. The van der Waals surface area contributed by atoms with E-state index in [0.717, 1.165) is 5.56 Å². The Balaban J connectivity index is 1.93. The number of benzene rings is 1. The Bertz CT molecular complexity index is 428. The Hall–Kier alpha value is -1.59. The molecule has 1 aliphatic heterocycles. The summed E-state index contributed by atoms with van der Waals surface area (Å²) in [6.45, 7) is 4.41. The van der Waals surface area contributed by atoms with Crippen molar-refractivity contribution in [1.82, 2.24) is 4.90 Å². The summed E-state index contributed by atoms with van der Waals surface area (Å²) in [6, 6.07) is 7.43. The van der Waals surface area contributed by atoms with Gasteiger partial charge in [0.25, 0.3) is 5.91 Å². The Morgan fingerprint density at radius 3 is 2.79 bits per heavy atom. The molecule has 0 bridgehead atoms. The maximum atomic E-state index is 12.0. The molecule has 2 N–H and O–H groups in total. The zero-order valence-electron chi connectivity index (χ0n) is 11.2. The number of carbonyl (C=O) groups excluding carboxylic acids is 1. The second-order valence-electron chi connectivity index (χ2n) is 4.61. The number of nitrogens with zero attached hydrogens (tertiary/aromatic N) is 1. The van der Waals surface area contributed by atoms with Crippen LogP contribution >= 0.6 is 0 Å². The van der Waals surface area contributed by atoms with Crippen LogP contribution in [0.1, 0.15) is 18.5 Å². The molecule has 0 radical (unpaired) electrons. The molecule has 0 saturated carbocycles. The van der Waals surface area contributed by atoms with E-state index in [-0.39, 0.29) is 18.6 Å². The van der Waals surface area contributed by atoms with E-state index in [2.05, 4.69) is 0 Å². The van der Waals surface area contributed by atoms with Crippen molar-refractivity contribution in [2.24, 2.45) is 5.73 Å². The smallest absolute Gasteiger partial charge is 0.260 e. The van der Waals surface area contributed by atoms with Gasteiger partial charge in [0, 0.05) is 24.7 Å². The van der Waals surface area contributed by atoms with Crippen molar-refractivity contribution >= 4 is 5.91 Å². The predicted molar refractivity (Wildman–Crippen MR) is 71.9 cm³/mol. The number of carbonyl (C=O) groups is 1. The molecule has 1 amide bonds. The van der Waals surface area contributed by atoms with Crippen LogP contribution in [0, 0.1) is 0 Å². The average molecular weight is 264 g/mol. The molecule has 0 spiro atoms. The minimum atomic E-state index is -0.116. The van der Waals surface area contributed by atoms with E-state index in [1.54, 1.807) is 4.90 Å². The first-order chi connectivity index (χ1) is 9.18. The fourth-order valence-electron chi connectivity index (χ4n) is 2.03. The van der Waals surface area contributed by atoms with E-state index in [9.17, 15) is 4.79 Å². The molecule has 1 aromatic rings. The molecule has 1 aliphatic rings. The maximum Gasteiger partial charge on any atom is 0.260 e. The van der Waals surface area contributed by atoms with Gasteiger partial charge in [0.05, 0.1) is 13.2 Å². The molecular weight excluding hydrogens is 244 g/mol. The normalized spacial score (nSPS) is 17.1. The largest absolute Gasteiger partial charge is 0.483 e. The van der Waals surface area contributed by atoms with Crippen molar-refractivity contribution < 1.29 is 14.3 Å². The summed E-state index contributed by atoms with van der Waals surface area (Å²) >= 11 is 0. The van der Waals surface area contributed by atoms with Gasteiger partial charge in [-0.25, -0.2) is 0 Å². The van der Waals surface area contributed by atoms with Gasteiger partial charge < -0.3 is 20.1 Å². The lowest BCUT2D eigenvalue weighted by molar-refractivity contribution is -0.137. The van der Waals surface area contributed by atoms with Crippen LogP contribution in [0.2, 0.25) is 0 Å². The molecule has 1 fully saturated rings. The summed E-state index contributed by atoms with van der Waals surface area (Å²) in [5, 5.41) is 0. The van der Waals surface area contributed by atoms with Crippen LogP contribution in [0.5, 0.6) is 5.75 Å². The van der Waals surface area contributed by atoms with Crippen LogP contribution in [0.3, 0.4) is 0 Å². The van der Waals surface area contributed by atoms with Gasteiger partial charge in [0.15, 0.2) is 6.61 Å². The number of hydrogen-bond donors (Lipinski definition) is 1. The molecule has 0 aliphatic carbocycles. The van der Waals surface area contributed by atoms with Crippen LogP contribution in [0.25, 0.3) is 0 Å². The van der Waals surface area contributed by atoms with E-state index >= 15 is 0 Å². The van der Waals surface area contributed by atoms with Gasteiger partial charge in [0.2, 0.25) is 0 Å². The topological polar surface area (TPSA) is 64.8 Å². The summed E-state index contributed by atoms with van der Waals surface area (Å²) in [6.07, 6.45) is 0. The molecule has 0 unspecified atom stereocenters. The van der Waals surface area contributed by atoms with Crippen LogP contribution in [0.4, 0.5) is 0 Å². The lowest BCUT2D eigenvalue weighted by Gasteiger charge is -2.27. The molecule has 1 heterocycles. The standard InChI is InChI=1S/C14H20N2O3/c1-11(15)12-4-2-3-5-13(12)19-10-14(17)16-6-8-18-9-7-16/h2-5,11H,6-10,15H2,1H3/t11-/m0/s1. The third kappa shape index (κ3) is 3.68. The molecule has 1 saturated heterocycles. The van der Waals surface area contributed by atoms with Crippen LogP contribution in [0.15, 0.2) is 24.3 Å². The quantitative estimate of drug-likeness (QED) is 0.879. The van der Waals surface area contributed by atoms with Crippen LogP contribution in [-0.2, 0) is 9.53 Å². The number of rotatable bonds is 4. The highest BCUT2D eigenvalue weighted by atomic mass is 16.5. The Morgan fingerprint density at radius 1 is 1.42 bits per heavy atom. The zero-order chi connectivity index (χ0) is 13.7. The first-order valence-corrected chi connectivity index (χ1v) is 6.51. The van der Waals surface area contributed by atoms with Crippen LogP contribution in [-0.4, -0.2) is 43.7 Å². The summed E-state index contributed by atoms with van der Waals surface area (Å²) in [5.41, 5.74) is 6.79. The predicted octanol–water partition coefficient (Wildman–Crippen LogP) is 0.944. The minimum Gasteiger partial charge on any atom is -0.483 e. The number of morpholine rings is 1. The first-order valence-electron chi connectivity index (χ1n) is 6.51. The number of amides is 1. The highest BCUT2D eigenvalue weighted by molar-refractivity contribution is 5.77. The van der Waals surface area contributed by atoms with Gasteiger partial charge in [-0.05, 0) is 13.0 Å². The summed E-state index contributed by atoms with van der Waals surface area (Å²) in [5.74, 6) is 0.668. The van der Waals surface area contributed by atoms with Gasteiger partial charge in [-0.3, -0.25) is 4.79 Å². The third-order valence-corrected chi connectivity index (χ3v) is 3.12. The molecule has 5 nitrogen and oxygen atoms in total. The van der Waals surface area contributed by atoms with E-state index in [4.69, 9.17) is 15.2 Å². The van der Waals surface area contributed by atoms with Crippen molar-refractivity contribution in [3.05, 3.63) is 29.8 Å². The average Bonchev–Trinajstić information content (AvgIpc) is 2.46. The fourth-order valence-corrected chi connectivity index (χ4v) is 2.03. The van der Waals surface area contributed by atoms with E-state index in [0.29, 0.717) is 32.1 Å². The number of hydrogen-bond acceptors (Lipinski definition) is 4. The minimum absolute atomic E-state index is 0.0113. The number of ether oxygens (including phenoxy) is 2. The van der Waals surface area contributed by atoms with Gasteiger partial charge in [-0.2, -0.15) is 0 Å². The maximum absolute atomic E-state index is 12.0. The number of para-hydroxylation sites is 1. The first kappa shape index (κ1) is 13.8. The highest BCUT2D eigenvalue weighted by Crippen LogP contribution is 2.23. The Morgan fingerprint density at radius 2 is 2.11 bits per heavy atom. The molecule has 104 valence electrons. The SMILES string of the molecule is C[C@H](N)c1ccccc1OCC(=O)N1CCOCC1. The van der Waals surface area contributed by atoms with Crippen molar-refractivity contribution in [3.63, 3.8) is 0 Å². The van der Waals surface area contributed by atoms with Gasteiger partial charge in [-0.15, -0.1) is 0 Å². The van der Waals surface area contributed by atoms with Crippen molar-refractivity contribution in [2.45, 2.75) is 13.0 Å². The highest BCUT2D eigenvalue weighted by Gasteiger charge is 2.17. The Kier molecular flexibility index (Phi) is 4.76.